The summed E-state index contributed by atoms with van der Waals surface area (Å²) in [5.74, 6) is 0.235. The number of hydrogen-bond acceptors (Lipinski definition) is 2. The Labute approximate surface area is 61.6 Å². The summed E-state index contributed by atoms with van der Waals surface area (Å²) in [6.07, 6.45) is 3.35. The molecule has 0 N–H and O–H groups in total. The molecule has 1 saturated heterocycles. The number of ether oxygens (including phenoxy) is 1. The monoisotopic (exact) mass is 142 g/mol. The third-order valence-electron chi connectivity index (χ3n) is 1.84. The molecular formula is C8H14O2. The van der Waals surface area contributed by atoms with Crippen molar-refractivity contribution < 1.29 is 9.53 Å². The standard InChI is InChI=1S/C8H14O2/c1-6(9)5-8-4-3-7(2)10-8/h7-8H,3-5H2,1-2H3. The van der Waals surface area contributed by atoms with Gasteiger partial charge >= 0.3 is 0 Å². The van der Waals surface area contributed by atoms with E-state index in [9.17, 15) is 4.79 Å². The van der Waals surface area contributed by atoms with Crippen LogP contribution in [0.25, 0.3) is 0 Å². The fourth-order valence-corrected chi connectivity index (χ4v) is 1.36. The maximum absolute atomic E-state index is 10.6. The largest absolute Gasteiger partial charge is 0.375 e. The lowest BCUT2D eigenvalue weighted by molar-refractivity contribution is -0.119. The number of carbonyl (C=O) groups is 1. The Bertz CT molecular complexity index is 131. The number of Topliss-reactive ketones (excluding diaryl/α,β-unsaturated/α-hetero) is 1. The van der Waals surface area contributed by atoms with Gasteiger partial charge in [-0.1, -0.05) is 0 Å². The van der Waals surface area contributed by atoms with Crippen molar-refractivity contribution in [1.29, 1.82) is 0 Å². The summed E-state index contributed by atoms with van der Waals surface area (Å²) in [6, 6.07) is 0. The second-order valence-electron chi connectivity index (χ2n) is 3.05. The molecule has 0 spiro atoms. The van der Waals surface area contributed by atoms with Gasteiger partial charge in [0.15, 0.2) is 0 Å². The third kappa shape index (κ3) is 2.10. The van der Waals surface area contributed by atoms with Crippen molar-refractivity contribution in [3.63, 3.8) is 0 Å². The van der Waals surface area contributed by atoms with Crippen molar-refractivity contribution in [2.24, 2.45) is 0 Å². The molecular weight excluding hydrogens is 128 g/mol. The molecule has 1 rings (SSSR count). The minimum absolute atomic E-state index is 0.215. The van der Waals surface area contributed by atoms with E-state index in [1.165, 1.54) is 0 Å². The molecule has 2 atom stereocenters. The van der Waals surface area contributed by atoms with Gasteiger partial charge in [-0.15, -0.1) is 0 Å². The fraction of sp³-hybridized carbons (Fsp3) is 0.875. The van der Waals surface area contributed by atoms with Gasteiger partial charge in [0.2, 0.25) is 0 Å². The Morgan fingerprint density at radius 3 is 2.70 bits per heavy atom. The molecule has 1 heterocycles. The molecule has 58 valence electrons. The molecule has 2 nitrogen and oxygen atoms in total. The maximum atomic E-state index is 10.6. The predicted molar refractivity (Wildman–Crippen MR) is 38.9 cm³/mol. The molecule has 1 fully saturated rings. The van der Waals surface area contributed by atoms with Gasteiger partial charge < -0.3 is 4.74 Å². The van der Waals surface area contributed by atoms with E-state index >= 15 is 0 Å². The van der Waals surface area contributed by atoms with Gasteiger partial charge in [0.05, 0.1) is 12.2 Å². The fourth-order valence-electron chi connectivity index (χ4n) is 1.36. The van der Waals surface area contributed by atoms with Crippen LogP contribution in [0, 0.1) is 0 Å². The highest BCUT2D eigenvalue weighted by Crippen LogP contribution is 2.21. The van der Waals surface area contributed by atoms with E-state index in [1.54, 1.807) is 6.92 Å². The lowest BCUT2D eigenvalue weighted by Gasteiger charge is -2.07. The zero-order chi connectivity index (χ0) is 7.56. The van der Waals surface area contributed by atoms with Crippen LogP contribution < -0.4 is 0 Å². The molecule has 0 aromatic heterocycles. The minimum Gasteiger partial charge on any atom is -0.375 e. The first-order valence-electron chi connectivity index (χ1n) is 3.83. The normalized spacial score (nSPS) is 32.6. The van der Waals surface area contributed by atoms with Gasteiger partial charge in [0, 0.05) is 6.42 Å². The Kier molecular flexibility index (Phi) is 2.44. The quantitative estimate of drug-likeness (QED) is 0.584. The number of hydrogen-bond donors (Lipinski definition) is 0. The summed E-state index contributed by atoms with van der Waals surface area (Å²) < 4.78 is 5.45. The first kappa shape index (κ1) is 7.73. The van der Waals surface area contributed by atoms with Crippen molar-refractivity contribution in [3.05, 3.63) is 0 Å². The van der Waals surface area contributed by atoms with Crippen LogP contribution in [0.5, 0.6) is 0 Å². The van der Waals surface area contributed by atoms with Crippen LogP contribution in [0.1, 0.15) is 33.1 Å². The van der Waals surface area contributed by atoms with Crippen LogP contribution in [0.15, 0.2) is 0 Å². The van der Waals surface area contributed by atoms with Crippen LogP contribution in [0.3, 0.4) is 0 Å². The van der Waals surface area contributed by atoms with Crippen molar-refractivity contribution in [1.82, 2.24) is 0 Å². The second kappa shape index (κ2) is 3.15. The highest BCUT2D eigenvalue weighted by atomic mass is 16.5. The SMILES string of the molecule is CC(=O)CC1CCC(C)O1. The smallest absolute Gasteiger partial charge is 0.132 e. The van der Waals surface area contributed by atoms with E-state index in [0.717, 1.165) is 12.8 Å². The molecule has 0 aliphatic carbocycles. The van der Waals surface area contributed by atoms with Crippen LogP contribution in [0.2, 0.25) is 0 Å². The molecule has 10 heavy (non-hydrogen) atoms. The Hall–Kier alpha value is -0.370. The highest BCUT2D eigenvalue weighted by molar-refractivity contribution is 5.75. The van der Waals surface area contributed by atoms with Crippen molar-refractivity contribution in [3.8, 4) is 0 Å². The molecule has 0 aromatic rings. The number of carbonyl (C=O) groups excluding carboxylic acids is 1. The zero-order valence-electron chi connectivity index (χ0n) is 6.59. The molecule has 0 amide bonds. The molecule has 0 aromatic carbocycles. The third-order valence-corrected chi connectivity index (χ3v) is 1.84. The van der Waals surface area contributed by atoms with Crippen LogP contribution in [0.4, 0.5) is 0 Å². The van der Waals surface area contributed by atoms with E-state index in [-0.39, 0.29) is 11.9 Å². The average molecular weight is 142 g/mol. The van der Waals surface area contributed by atoms with Gasteiger partial charge in [-0.05, 0) is 26.7 Å². The molecule has 1 aliphatic heterocycles. The van der Waals surface area contributed by atoms with E-state index in [4.69, 9.17) is 4.74 Å². The van der Waals surface area contributed by atoms with E-state index in [1.807, 2.05) is 0 Å². The molecule has 0 radical (unpaired) electrons. The lowest BCUT2D eigenvalue weighted by Crippen LogP contribution is -2.11. The lowest BCUT2D eigenvalue weighted by atomic mass is 10.1. The molecule has 2 unspecified atom stereocenters. The summed E-state index contributed by atoms with van der Waals surface area (Å²) in [5.41, 5.74) is 0. The summed E-state index contributed by atoms with van der Waals surface area (Å²) in [6.45, 7) is 3.67. The molecule has 2 heteroatoms. The van der Waals surface area contributed by atoms with E-state index < -0.39 is 0 Å². The summed E-state index contributed by atoms with van der Waals surface area (Å²) in [5, 5.41) is 0. The zero-order valence-corrected chi connectivity index (χ0v) is 6.59. The average Bonchev–Trinajstić information content (AvgIpc) is 2.13. The number of ketones is 1. The first-order valence-corrected chi connectivity index (χ1v) is 3.83. The highest BCUT2D eigenvalue weighted by Gasteiger charge is 2.22. The summed E-state index contributed by atoms with van der Waals surface area (Å²) in [4.78, 5) is 10.6. The van der Waals surface area contributed by atoms with Crippen LogP contribution in [-0.2, 0) is 9.53 Å². The van der Waals surface area contributed by atoms with E-state index in [0.29, 0.717) is 12.5 Å². The minimum atomic E-state index is 0.215. The molecule has 0 bridgehead atoms. The van der Waals surface area contributed by atoms with Crippen molar-refractivity contribution in [2.75, 3.05) is 0 Å². The Morgan fingerprint density at radius 1 is 1.60 bits per heavy atom. The Balaban J connectivity index is 2.24. The topological polar surface area (TPSA) is 26.3 Å². The second-order valence-corrected chi connectivity index (χ2v) is 3.05. The Morgan fingerprint density at radius 2 is 2.30 bits per heavy atom. The van der Waals surface area contributed by atoms with Gasteiger partial charge in [-0.3, -0.25) is 4.79 Å². The van der Waals surface area contributed by atoms with Gasteiger partial charge in [0.25, 0.3) is 0 Å². The van der Waals surface area contributed by atoms with Gasteiger partial charge in [-0.25, -0.2) is 0 Å². The maximum Gasteiger partial charge on any atom is 0.132 e. The number of rotatable bonds is 2. The predicted octanol–water partition coefficient (Wildman–Crippen LogP) is 1.53. The van der Waals surface area contributed by atoms with Gasteiger partial charge in [0.1, 0.15) is 5.78 Å². The molecule has 0 saturated carbocycles. The van der Waals surface area contributed by atoms with Gasteiger partial charge in [-0.2, -0.15) is 0 Å². The van der Waals surface area contributed by atoms with Crippen LogP contribution >= 0.6 is 0 Å². The van der Waals surface area contributed by atoms with Crippen molar-refractivity contribution >= 4 is 5.78 Å². The first-order chi connectivity index (χ1) is 4.68. The van der Waals surface area contributed by atoms with Crippen LogP contribution in [-0.4, -0.2) is 18.0 Å². The summed E-state index contributed by atoms with van der Waals surface area (Å²) in [7, 11) is 0. The molecule has 1 aliphatic rings. The van der Waals surface area contributed by atoms with E-state index in [2.05, 4.69) is 6.92 Å². The van der Waals surface area contributed by atoms with Crippen molar-refractivity contribution in [2.45, 2.75) is 45.3 Å². The summed E-state index contributed by atoms with van der Waals surface area (Å²) >= 11 is 0.